The van der Waals surface area contributed by atoms with Crippen LogP contribution in [-0.2, 0) is 68.9 Å². The minimum absolute atomic E-state index is 0.0509. The van der Waals surface area contributed by atoms with Crippen LogP contribution in [0.3, 0.4) is 0 Å². The summed E-state index contributed by atoms with van der Waals surface area (Å²) >= 11 is 16.1. The molecular formula is C34H55N13O4S4. The van der Waals surface area contributed by atoms with Crippen LogP contribution in [0, 0.1) is 0 Å². The van der Waals surface area contributed by atoms with E-state index in [0.717, 1.165) is 0 Å². The van der Waals surface area contributed by atoms with E-state index in [1.807, 2.05) is 0 Å². The van der Waals surface area contributed by atoms with E-state index in [1.165, 1.54) is 0 Å². The molecule has 3 aromatic rings. The first-order chi connectivity index (χ1) is 25.9. The predicted octanol–water partition coefficient (Wildman–Crippen LogP) is 5.75. The van der Waals surface area contributed by atoms with Gasteiger partial charge in [0.2, 0.25) is 23.6 Å². The molecule has 0 spiro atoms. The molecule has 0 aliphatic carbocycles. The van der Waals surface area contributed by atoms with Crippen molar-refractivity contribution in [3.63, 3.8) is 0 Å². The summed E-state index contributed by atoms with van der Waals surface area (Å²) in [4.78, 5) is 45.4. The maximum Gasteiger partial charge on any atom is 0.224 e. The summed E-state index contributed by atoms with van der Waals surface area (Å²) < 4.78 is 12.3. The third-order valence-electron chi connectivity index (χ3n) is 5.33. The summed E-state index contributed by atoms with van der Waals surface area (Å²) in [7, 11) is 6.26. The average Bonchev–Trinajstić information content (AvgIpc) is 3.09. The van der Waals surface area contributed by atoms with Crippen LogP contribution >= 0.6 is 0 Å². The van der Waals surface area contributed by atoms with E-state index < -0.39 is 0 Å². The normalized spacial score (nSPS) is 8.51. The second kappa shape index (κ2) is 37.0. The van der Waals surface area contributed by atoms with Crippen LogP contribution in [0.2, 0.25) is 0 Å². The maximum atomic E-state index is 11.5. The predicted molar refractivity (Wildman–Crippen MR) is 240 cm³/mol. The van der Waals surface area contributed by atoms with Crippen LogP contribution in [0.5, 0.6) is 0 Å². The average molecular weight is 838 g/mol. The van der Waals surface area contributed by atoms with Gasteiger partial charge in [-0.1, -0.05) is 27.7 Å². The van der Waals surface area contributed by atoms with Gasteiger partial charge in [0, 0.05) is 155 Å². The standard InChI is InChI=1S/C15H21N3O3.C9H13N3O.C6H9N3.4CH3NS/c1-4-13(19)16-10-7-11(17-14(20)5-2)9-12(8-10)18-15(21)6-3;1-2-9(13)12-8-4-6(10)3-7(11)5-8;7-4-1-5(8)3-6(9)2-4;4*1-2-3/h7-9H,4-6H2,1-3H3,(H,16,19)(H,17,20)(H,18,21);3-5H,2,10-11H2,1H3,(H,12,13);1-3H,7-9H2;4*1H3. The van der Waals surface area contributed by atoms with Crippen LogP contribution in [0.4, 0.5) is 51.2 Å². The molecule has 21 heteroatoms. The van der Waals surface area contributed by atoms with E-state index in [0.29, 0.717) is 76.9 Å². The Morgan fingerprint density at radius 1 is 0.400 bits per heavy atom. The minimum Gasteiger partial charge on any atom is -0.399 e. The third kappa shape index (κ3) is 35.4. The van der Waals surface area contributed by atoms with Crippen molar-refractivity contribution >= 4 is 125 Å². The van der Waals surface area contributed by atoms with Crippen LogP contribution < -0.4 is 49.9 Å². The zero-order valence-electron chi connectivity index (χ0n) is 32.5. The summed E-state index contributed by atoms with van der Waals surface area (Å²) in [5, 5.41) is 10.8. The Morgan fingerprint density at radius 3 is 0.709 bits per heavy atom. The third-order valence-corrected chi connectivity index (χ3v) is 5.33. The lowest BCUT2D eigenvalue weighted by molar-refractivity contribution is -0.116. The van der Waals surface area contributed by atoms with Crippen LogP contribution in [0.1, 0.15) is 53.4 Å². The highest BCUT2D eigenvalue weighted by atomic mass is 32.1. The van der Waals surface area contributed by atoms with Gasteiger partial charge in [-0.05, 0) is 54.6 Å². The molecule has 0 radical (unpaired) electrons. The zero-order valence-corrected chi connectivity index (χ0v) is 35.7. The molecule has 0 heterocycles. The lowest BCUT2D eigenvalue weighted by atomic mass is 10.2. The number of nitrogens with one attached hydrogen (secondary N) is 4. The van der Waals surface area contributed by atoms with Crippen molar-refractivity contribution in [1.82, 2.24) is 0 Å². The molecule has 0 aromatic heterocycles. The first-order valence-corrected chi connectivity index (χ1v) is 17.7. The van der Waals surface area contributed by atoms with E-state index in [1.54, 1.807) is 110 Å². The van der Waals surface area contributed by atoms with Gasteiger partial charge >= 0.3 is 0 Å². The van der Waals surface area contributed by atoms with Crippen molar-refractivity contribution in [2.75, 3.05) is 78.1 Å². The first-order valence-electron chi connectivity index (χ1n) is 16.2. The van der Waals surface area contributed by atoms with Crippen LogP contribution in [0.25, 0.3) is 0 Å². The summed E-state index contributed by atoms with van der Waals surface area (Å²) in [6, 6.07) is 14.9. The second-order valence-electron chi connectivity index (χ2n) is 9.96. The summed E-state index contributed by atoms with van der Waals surface area (Å²) in [6.45, 7) is 7.03. The Kier molecular flexibility index (Phi) is 37.9. The Labute approximate surface area is 345 Å². The summed E-state index contributed by atoms with van der Waals surface area (Å²) in [6.07, 6.45) is 1.49. The van der Waals surface area contributed by atoms with E-state index in [-0.39, 0.29) is 23.6 Å². The molecule has 0 bridgehead atoms. The van der Waals surface area contributed by atoms with Crippen molar-refractivity contribution in [2.45, 2.75) is 53.4 Å². The monoisotopic (exact) mass is 837 g/mol. The van der Waals surface area contributed by atoms with Crippen molar-refractivity contribution in [3.05, 3.63) is 54.6 Å². The summed E-state index contributed by atoms with van der Waals surface area (Å²) in [5.74, 6) is -0.463. The number of benzene rings is 3. The molecule has 304 valence electrons. The number of nitrogens with two attached hydrogens (primary N) is 5. The largest absolute Gasteiger partial charge is 0.399 e. The SMILES string of the molecule is CCC(=O)Nc1cc(N)cc(N)c1.CCC(=O)Nc1cc(NC(=O)CC)cc(NC(=O)CC)c1.CN=S.CN=S.CN=S.CN=S.Nc1cc(N)cc(N)c1. The van der Waals surface area contributed by atoms with E-state index in [4.69, 9.17) is 28.7 Å². The number of amides is 4. The van der Waals surface area contributed by atoms with Crippen molar-refractivity contribution < 1.29 is 19.2 Å². The Balaban J connectivity index is -0.000000326. The van der Waals surface area contributed by atoms with E-state index >= 15 is 0 Å². The van der Waals surface area contributed by atoms with Gasteiger partial charge in [0.1, 0.15) is 0 Å². The molecule has 4 amide bonds. The molecule has 0 aliphatic heterocycles. The summed E-state index contributed by atoms with van der Waals surface area (Å²) in [5.41, 5.74) is 32.4. The fraction of sp³-hybridized carbons (Fsp3) is 0.353. The number of anilines is 9. The molecule has 0 saturated carbocycles. The van der Waals surface area contributed by atoms with Gasteiger partial charge in [-0.2, -0.15) is 0 Å². The van der Waals surface area contributed by atoms with Crippen molar-refractivity contribution in [2.24, 2.45) is 17.5 Å². The molecule has 17 nitrogen and oxygen atoms in total. The fourth-order valence-corrected chi connectivity index (χ4v) is 3.29. The Morgan fingerprint density at radius 2 is 0.545 bits per heavy atom. The van der Waals surface area contributed by atoms with Gasteiger partial charge < -0.3 is 49.9 Å². The highest BCUT2D eigenvalue weighted by Crippen LogP contribution is 2.23. The van der Waals surface area contributed by atoms with E-state index in [9.17, 15) is 19.2 Å². The number of hydrogen-bond donors (Lipinski definition) is 9. The van der Waals surface area contributed by atoms with Crippen LogP contribution in [-0.4, -0.2) is 51.8 Å². The van der Waals surface area contributed by atoms with Gasteiger partial charge in [0.25, 0.3) is 0 Å². The number of nitrogens with zero attached hydrogens (tertiary/aromatic N) is 4. The molecular weight excluding hydrogens is 783 g/mol. The quantitative estimate of drug-likeness (QED) is 0.122. The molecule has 3 aromatic carbocycles. The second-order valence-corrected chi connectivity index (χ2v) is 11.4. The molecule has 0 unspecified atom stereocenters. The van der Waals surface area contributed by atoms with Gasteiger partial charge in [0.15, 0.2) is 0 Å². The smallest absolute Gasteiger partial charge is 0.224 e. The van der Waals surface area contributed by atoms with Crippen molar-refractivity contribution in [3.8, 4) is 0 Å². The number of carbonyl (C=O) groups excluding carboxylic acids is 4. The van der Waals surface area contributed by atoms with Gasteiger partial charge in [-0.3, -0.25) is 19.2 Å². The zero-order chi connectivity index (χ0) is 43.4. The number of hydrogen-bond acceptors (Lipinski definition) is 17. The lowest BCUT2D eigenvalue weighted by Crippen LogP contribution is -2.14. The number of carbonyl (C=O) groups is 4. The van der Waals surface area contributed by atoms with Gasteiger partial charge in [-0.15, -0.1) is 0 Å². The van der Waals surface area contributed by atoms with Crippen LogP contribution in [0.15, 0.2) is 72.0 Å². The fourth-order valence-electron chi connectivity index (χ4n) is 3.29. The van der Waals surface area contributed by atoms with Crippen molar-refractivity contribution in [1.29, 1.82) is 0 Å². The molecule has 55 heavy (non-hydrogen) atoms. The molecule has 0 atom stereocenters. The molecule has 0 saturated heterocycles. The molecule has 0 fully saturated rings. The Hall–Kier alpha value is -5.38. The first kappa shape index (κ1) is 56.4. The number of rotatable bonds is 8. The van der Waals surface area contributed by atoms with E-state index in [2.05, 4.69) is 88.4 Å². The highest BCUT2D eigenvalue weighted by Gasteiger charge is 2.08. The molecule has 0 aliphatic rings. The number of nitrogen functional groups attached to an aromatic ring is 5. The topological polar surface area (TPSA) is 296 Å². The maximum absolute atomic E-state index is 11.5. The molecule has 3 rings (SSSR count). The Bertz CT molecular complexity index is 1450. The minimum atomic E-state index is -0.137. The highest BCUT2D eigenvalue weighted by molar-refractivity contribution is 7.47. The lowest BCUT2D eigenvalue weighted by Gasteiger charge is -2.12. The van der Waals surface area contributed by atoms with Gasteiger partial charge in [-0.25, -0.2) is 17.5 Å². The molecule has 14 N–H and O–H groups in total. The van der Waals surface area contributed by atoms with Gasteiger partial charge in [0.05, 0.1) is 0 Å².